The van der Waals surface area contributed by atoms with Gasteiger partial charge in [-0.05, 0) is 52.0 Å². The lowest BCUT2D eigenvalue weighted by Crippen LogP contribution is -1.67. The molecule has 2 nitrogen and oxygen atoms in total. The number of H-pyrrole nitrogens is 2. The number of aromatic nitrogens is 2. The van der Waals surface area contributed by atoms with Gasteiger partial charge < -0.3 is 9.97 Å². The van der Waals surface area contributed by atoms with Gasteiger partial charge in [-0.25, -0.2) is 0 Å². The number of aromatic amines is 2. The molecule has 2 heteroatoms. The maximum Gasteiger partial charge on any atom is 0.0117 e. The molecule has 0 aliphatic heterocycles. The summed E-state index contributed by atoms with van der Waals surface area (Å²) in [6, 6.07) is 8.26. The van der Waals surface area contributed by atoms with E-state index in [9.17, 15) is 0 Å². The predicted molar refractivity (Wildman–Crippen MR) is 67.3 cm³/mol. The maximum absolute atomic E-state index is 3.14. The molecule has 0 aliphatic carbocycles. The van der Waals surface area contributed by atoms with Crippen LogP contribution in [0.3, 0.4) is 0 Å². The summed E-state index contributed by atoms with van der Waals surface area (Å²) in [6.45, 7) is 8.19. The van der Waals surface area contributed by atoms with Gasteiger partial charge in [0, 0.05) is 22.8 Å². The van der Waals surface area contributed by atoms with Crippen LogP contribution in [-0.4, -0.2) is 9.97 Å². The second kappa shape index (κ2) is 6.12. The fourth-order valence-corrected chi connectivity index (χ4v) is 1.29. The molecule has 0 radical (unpaired) electrons. The molecule has 84 valence electrons. The van der Waals surface area contributed by atoms with Crippen molar-refractivity contribution in [2.24, 2.45) is 0 Å². The number of nitrogens with one attached hydrogen (secondary N) is 2. The highest BCUT2D eigenvalue weighted by molar-refractivity contribution is 5.09. The zero-order valence-electron chi connectivity index (χ0n) is 9.31. The normalized spacial score (nSPS) is 8.80. The molecule has 0 bridgehead atoms. The van der Waals surface area contributed by atoms with Crippen LogP contribution in [0, 0.1) is 27.7 Å². The highest BCUT2D eigenvalue weighted by Gasteiger charge is 1.82. The van der Waals surface area contributed by atoms with Crippen LogP contribution in [0.15, 0.2) is 24.3 Å². The molecular formula is C13H22N2. The molecule has 0 aliphatic rings. The van der Waals surface area contributed by atoms with Crippen LogP contribution in [0.1, 0.15) is 30.2 Å². The summed E-state index contributed by atoms with van der Waals surface area (Å²) in [5.41, 5.74) is 4.94. The van der Waals surface area contributed by atoms with Gasteiger partial charge in [0.1, 0.15) is 0 Å². The summed E-state index contributed by atoms with van der Waals surface area (Å²) in [7, 11) is 0. The van der Waals surface area contributed by atoms with E-state index in [0.29, 0.717) is 0 Å². The van der Waals surface area contributed by atoms with E-state index in [1.165, 1.54) is 22.8 Å². The van der Waals surface area contributed by atoms with E-state index in [2.05, 4.69) is 34.2 Å². The maximum atomic E-state index is 3.14. The van der Waals surface area contributed by atoms with Gasteiger partial charge in [-0.2, -0.15) is 0 Å². The zero-order valence-corrected chi connectivity index (χ0v) is 9.31. The molecule has 0 fully saturated rings. The Morgan fingerprint density at radius 1 is 0.600 bits per heavy atom. The van der Waals surface area contributed by atoms with Crippen LogP contribution in [0.4, 0.5) is 0 Å². The third-order valence-electron chi connectivity index (χ3n) is 1.96. The van der Waals surface area contributed by atoms with E-state index in [4.69, 9.17) is 0 Å². The topological polar surface area (TPSA) is 31.6 Å². The van der Waals surface area contributed by atoms with Crippen molar-refractivity contribution in [3.05, 3.63) is 47.0 Å². The van der Waals surface area contributed by atoms with Crippen LogP contribution in [0.25, 0.3) is 0 Å². The average Bonchev–Trinajstić information content (AvgIpc) is 2.63. The number of aryl methyl sites for hydroxylation is 4. The minimum absolute atomic E-state index is 0. The third kappa shape index (κ3) is 5.11. The van der Waals surface area contributed by atoms with Crippen LogP contribution in [0.5, 0.6) is 0 Å². The molecule has 0 saturated heterocycles. The fraction of sp³-hybridized carbons (Fsp3) is 0.385. The van der Waals surface area contributed by atoms with Crippen LogP contribution in [-0.2, 0) is 0 Å². The molecule has 2 rings (SSSR count). The number of hydrogen-bond donors (Lipinski definition) is 2. The molecule has 0 unspecified atom stereocenters. The van der Waals surface area contributed by atoms with Crippen molar-refractivity contribution in [1.82, 2.24) is 9.97 Å². The van der Waals surface area contributed by atoms with Gasteiger partial charge in [-0.3, -0.25) is 0 Å². The minimum atomic E-state index is 0. The second-order valence-corrected chi connectivity index (χ2v) is 3.65. The Bertz CT molecular complexity index is 311. The summed E-state index contributed by atoms with van der Waals surface area (Å²) in [6.07, 6.45) is 0. The van der Waals surface area contributed by atoms with Crippen molar-refractivity contribution in [2.45, 2.75) is 35.1 Å². The molecule has 0 saturated carbocycles. The minimum Gasteiger partial charge on any atom is -0.363 e. The summed E-state index contributed by atoms with van der Waals surface area (Å²) in [5, 5.41) is 0. The lowest BCUT2D eigenvalue weighted by atomic mass is 10.5. The molecule has 2 aromatic heterocycles. The van der Waals surface area contributed by atoms with Crippen LogP contribution >= 0.6 is 0 Å². The Hall–Kier alpha value is -1.44. The Kier molecular flexibility index (Phi) is 5.53. The zero-order chi connectivity index (χ0) is 10.6. The molecular weight excluding hydrogens is 184 g/mol. The van der Waals surface area contributed by atoms with E-state index in [1.807, 2.05) is 27.7 Å². The highest BCUT2D eigenvalue weighted by atomic mass is 14.7. The Labute approximate surface area is 92.7 Å². The molecule has 0 aromatic carbocycles. The first-order chi connectivity index (χ1) is 6.58. The quantitative estimate of drug-likeness (QED) is 0.655. The SMILES string of the molecule is C.Cc1ccc(C)[nH]1.Cc1ccc(C)[nH]1. The molecule has 0 amide bonds. The number of rotatable bonds is 0. The van der Waals surface area contributed by atoms with E-state index in [-0.39, 0.29) is 7.43 Å². The molecule has 2 N–H and O–H groups in total. The predicted octanol–water partition coefficient (Wildman–Crippen LogP) is 3.90. The van der Waals surface area contributed by atoms with Crippen molar-refractivity contribution in [3.63, 3.8) is 0 Å². The van der Waals surface area contributed by atoms with Crippen LogP contribution < -0.4 is 0 Å². The van der Waals surface area contributed by atoms with Gasteiger partial charge in [-0.15, -0.1) is 0 Å². The average molecular weight is 206 g/mol. The van der Waals surface area contributed by atoms with E-state index < -0.39 is 0 Å². The van der Waals surface area contributed by atoms with Crippen molar-refractivity contribution in [1.29, 1.82) is 0 Å². The molecule has 15 heavy (non-hydrogen) atoms. The monoisotopic (exact) mass is 206 g/mol. The molecule has 2 heterocycles. The van der Waals surface area contributed by atoms with Gasteiger partial charge in [0.25, 0.3) is 0 Å². The standard InChI is InChI=1S/2C6H9N.CH4/c2*1-5-3-4-6(2)7-5;/h2*3-4,7H,1-2H3;1H4. The van der Waals surface area contributed by atoms with E-state index in [1.54, 1.807) is 0 Å². The summed E-state index contributed by atoms with van der Waals surface area (Å²) in [4.78, 5) is 6.28. The fourth-order valence-electron chi connectivity index (χ4n) is 1.29. The Morgan fingerprint density at radius 3 is 0.867 bits per heavy atom. The molecule has 2 aromatic rings. The molecule has 0 spiro atoms. The lowest BCUT2D eigenvalue weighted by molar-refractivity contribution is 1.19. The van der Waals surface area contributed by atoms with Gasteiger partial charge in [-0.1, -0.05) is 7.43 Å². The summed E-state index contributed by atoms with van der Waals surface area (Å²) >= 11 is 0. The third-order valence-corrected chi connectivity index (χ3v) is 1.96. The van der Waals surface area contributed by atoms with Crippen LogP contribution in [0.2, 0.25) is 0 Å². The largest absolute Gasteiger partial charge is 0.363 e. The lowest BCUT2D eigenvalue weighted by Gasteiger charge is -1.77. The van der Waals surface area contributed by atoms with E-state index in [0.717, 1.165) is 0 Å². The van der Waals surface area contributed by atoms with Crippen molar-refractivity contribution in [2.75, 3.05) is 0 Å². The number of hydrogen-bond acceptors (Lipinski definition) is 0. The van der Waals surface area contributed by atoms with Gasteiger partial charge >= 0.3 is 0 Å². The summed E-state index contributed by atoms with van der Waals surface area (Å²) in [5.74, 6) is 0. The Balaban J connectivity index is 0.000000245. The van der Waals surface area contributed by atoms with Gasteiger partial charge in [0.05, 0.1) is 0 Å². The first kappa shape index (κ1) is 13.6. The first-order valence-electron chi connectivity index (χ1n) is 4.82. The first-order valence-corrected chi connectivity index (χ1v) is 4.82. The van der Waals surface area contributed by atoms with Gasteiger partial charge in [0.2, 0.25) is 0 Å². The smallest absolute Gasteiger partial charge is 0.0117 e. The highest BCUT2D eigenvalue weighted by Crippen LogP contribution is 1.96. The Morgan fingerprint density at radius 2 is 0.800 bits per heavy atom. The second-order valence-electron chi connectivity index (χ2n) is 3.65. The van der Waals surface area contributed by atoms with Gasteiger partial charge in [0.15, 0.2) is 0 Å². The van der Waals surface area contributed by atoms with Crippen molar-refractivity contribution >= 4 is 0 Å². The van der Waals surface area contributed by atoms with Crippen molar-refractivity contribution in [3.8, 4) is 0 Å². The molecule has 0 atom stereocenters. The summed E-state index contributed by atoms with van der Waals surface area (Å²) < 4.78 is 0. The van der Waals surface area contributed by atoms with E-state index >= 15 is 0 Å². The van der Waals surface area contributed by atoms with Crippen molar-refractivity contribution < 1.29 is 0 Å².